The van der Waals surface area contributed by atoms with Crippen molar-refractivity contribution in [3.05, 3.63) is 65.7 Å². The van der Waals surface area contributed by atoms with Crippen LogP contribution < -0.4 is 4.90 Å². The number of hydrogen-bond donors (Lipinski definition) is 0. The first kappa shape index (κ1) is 12.0. The van der Waals surface area contributed by atoms with Crippen molar-refractivity contribution in [3.63, 3.8) is 0 Å². The van der Waals surface area contributed by atoms with Crippen LogP contribution in [0.15, 0.2) is 54.6 Å². The molecule has 0 bridgehead atoms. The summed E-state index contributed by atoms with van der Waals surface area (Å²) in [7, 11) is 2.16. The van der Waals surface area contributed by atoms with Gasteiger partial charge in [0.25, 0.3) is 5.84 Å². The molecule has 2 nitrogen and oxygen atoms in total. The average molecular weight is 251 g/mol. The van der Waals surface area contributed by atoms with Gasteiger partial charge < -0.3 is 0 Å². The zero-order valence-electron chi connectivity index (χ0n) is 11.5. The Balaban J connectivity index is 2.04. The lowest BCUT2D eigenvalue weighted by atomic mass is 10.1. The normalized spacial score (nSPS) is 15.2. The number of aryl methyl sites for hydroxylation is 1. The van der Waals surface area contributed by atoms with Crippen molar-refractivity contribution in [1.29, 1.82) is 0 Å². The summed E-state index contributed by atoms with van der Waals surface area (Å²) in [6.07, 6.45) is 0. The van der Waals surface area contributed by atoms with Crippen LogP contribution in [0.3, 0.4) is 0 Å². The molecule has 0 fully saturated rings. The van der Waals surface area contributed by atoms with Crippen LogP contribution in [0.1, 0.15) is 11.1 Å². The van der Waals surface area contributed by atoms with Crippen molar-refractivity contribution in [1.82, 2.24) is 0 Å². The van der Waals surface area contributed by atoms with E-state index in [2.05, 4.69) is 78.0 Å². The summed E-state index contributed by atoms with van der Waals surface area (Å²) in [6, 6.07) is 19.3. The SMILES string of the molecule is Cc1cccc(N2CC[N+](C)=C2c2ccccc2)c1. The lowest BCUT2D eigenvalue weighted by molar-refractivity contribution is -0.485. The largest absolute Gasteiger partial charge is 0.284 e. The van der Waals surface area contributed by atoms with Gasteiger partial charge in [-0.05, 0) is 36.8 Å². The number of anilines is 1. The van der Waals surface area contributed by atoms with Crippen molar-refractivity contribution in [2.45, 2.75) is 6.92 Å². The summed E-state index contributed by atoms with van der Waals surface area (Å²) in [5, 5.41) is 0. The average Bonchev–Trinajstić information content (AvgIpc) is 2.82. The van der Waals surface area contributed by atoms with Gasteiger partial charge in [-0.15, -0.1) is 0 Å². The van der Waals surface area contributed by atoms with Crippen molar-refractivity contribution in [3.8, 4) is 0 Å². The van der Waals surface area contributed by atoms with E-state index < -0.39 is 0 Å². The van der Waals surface area contributed by atoms with Crippen LogP contribution in [0, 0.1) is 6.92 Å². The minimum atomic E-state index is 1.05. The second-order valence-corrected chi connectivity index (χ2v) is 5.10. The molecule has 96 valence electrons. The van der Waals surface area contributed by atoms with E-state index in [1.165, 1.54) is 22.6 Å². The van der Waals surface area contributed by atoms with Gasteiger partial charge in [0.05, 0.1) is 12.6 Å². The lowest BCUT2D eigenvalue weighted by Crippen LogP contribution is -2.29. The van der Waals surface area contributed by atoms with Gasteiger partial charge in [-0.2, -0.15) is 0 Å². The van der Waals surface area contributed by atoms with Gasteiger partial charge in [0.15, 0.2) is 0 Å². The molecule has 0 amide bonds. The van der Waals surface area contributed by atoms with Gasteiger partial charge in [-0.3, -0.25) is 4.58 Å². The van der Waals surface area contributed by atoms with Crippen molar-refractivity contribution < 1.29 is 4.58 Å². The number of likely N-dealkylation sites (N-methyl/N-ethyl adjacent to an activating group) is 1. The maximum absolute atomic E-state index is 2.41. The Morgan fingerprint density at radius 1 is 1.00 bits per heavy atom. The molecule has 0 aromatic heterocycles. The van der Waals surface area contributed by atoms with E-state index in [0.29, 0.717) is 0 Å². The maximum atomic E-state index is 2.41. The molecule has 3 rings (SSSR count). The Kier molecular flexibility index (Phi) is 3.08. The molecule has 0 atom stereocenters. The summed E-state index contributed by atoms with van der Waals surface area (Å²) in [5.74, 6) is 1.30. The maximum Gasteiger partial charge on any atom is 0.284 e. The first-order chi connectivity index (χ1) is 9.25. The highest BCUT2D eigenvalue weighted by Crippen LogP contribution is 2.21. The minimum Gasteiger partial charge on any atom is -0.260 e. The fourth-order valence-corrected chi connectivity index (χ4v) is 2.68. The molecule has 0 spiro atoms. The van der Waals surface area contributed by atoms with E-state index in [-0.39, 0.29) is 0 Å². The number of rotatable bonds is 2. The minimum absolute atomic E-state index is 1.05. The third-order valence-electron chi connectivity index (χ3n) is 3.62. The molecule has 1 aliphatic heterocycles. The topological polar surface area (TPSA) is 6.25 Å². The fourth-order valence-electron chi connectivity index (χ4n) is 2.68. The molecular formula is C17H19N2+. The number of hydrogen-bond acceptors (Lipinski definition) is 1. The van der Waals surface area contributed by atoms with Gasteiger partial charge in [0.2, 0.25) is 0 Å². The van der Waals surface area contributed by atoms with Crippen LogP contribution in [0.5, 0.6) is 0 Å². The summed E-state index contributed by atoms with van der Waals surface area (Å²) in [5.41, 5.74) is 3.87. The number of nitrogens with zero attached hydrogens (tertiary/aromatic N) is 2. The molecule has 0 aliphatic carbocycles. The highest BCUT2D eigenvalue weighted by atomic mass is 15.3. The van der Waals surface area contributed by atoms with E-state index in [9.17, 15) is 0 Å². The summed E-state index contributed by atoms with van der Waals surface area (Å²) < 4.78 is 2.33. The Labute approximate surface area is 114 Å². The molecule has 19 heavy (non-hydrogen) atoms. The van der Waals surface area contributed by atoms with Gasteiger partial charge in [-0.1, -0.05) is 30.3 Å². The van der Waals surface area contributed by atoms with Crippen LogP contribution in [0.25, 0.3) is 0 Å². The molecule has 0 unspecified atom stereocenters. The molecule has 1 aliphatic rings. The first-order valence-electron chi connectivity index (χ1n) is 6.73. The Hall–Kier alpha value is -2.09. The van der Waals surface area contributed by atoms with Crippen molar-refractivity contribution in [2.75, 3.05) is 25.0 Å². The molecule has 0 saturated carbocycles. The smallest absolute Gasteiger partial charge is 0.260 e. The summed E-state index contributed by atoms with van der Waals surface area (Å²) in [4.78, 5) is 2.41. The molecule has 2 aromatic carbocycles. The van der Waals surface area contributed by atoms with E-state index in [1.807, 2.05) is 0 Å². The second kappa shape index (κ2) is 4.88. The molecular weight excluding hydrogens is 232 g/mol. The standard InChI is InChI=1S/C17H19N2/c1-14-7-6-10-16(13-14)19-12-11-18(2)17(19)15-8-4-3-5-9-15/h3-10,13H,11-12H2,1-2H3/q+1. The van der Waals surface area contributed by atoms with E-state index >= 15 is 0 Å². The Morgan fingerprint density at radius 2 is 1.79 bits per heavy atom. The Morgan fingerprint density at radius 3 is 2.53 bits per heavy atom. The van der Waals surface area contributed by atoms with Crippen LogP contribution in [-0.4, -0.2) is 30.5 Å². The van der Waals surface area contributed by atoms with E-state index in [1.54, 1.807) is 0 Å². The van der Waals surface area contributed by atoms with Crippen LogP contribution >= 0.6 is 0 Å². The van der Waals surface area contributed by atoms with Crippen molar-refractivity contribution in [2.24, 2.45) is 0 Å². The van der Waals surface area contributed by atoms with Gasteiger partial charge in [0.1, 0.15) is 18.8 Å². The zero-order valence-corrected chi connectivity index (χ0v) is 11.5. The summed E-state index contributed by atoms with van der Waals surface area (Å²) >= 11 is 0. The van der Waals surface area contributed by atoms with E-state index in [0.717, 1.165) is 13.1 Å². The first-order valence-corrected chi connectivity index (χ1v) is 6.73. The third kappa shape index (κ3) is 2.26. The van der Waals surface area contributed by atoms with Gasteiger partial charge in [0, 0.05) is 0 Å². The second-order valence-electron chi connectivity index (χ2n) is 5.10. The van der Waals surface area contributed by atoms with Crippen LogP contribution in [0.2, 0.25) is 0 Å². The summed E-state index contributed by atoms with van der Waals surface area (Å²) in [6.45, 7) is 4.26. The third-order valence-corrected chi connectivity index (χ3v) is 3.62. The highest BCUT2D eigenvalue weighted by molar-refractivity contribution is 6.07. The number of benzene rings is 2. The van der Waals surface area contributed by atoms with Gasteiger partial charge >= 0.3 is 0 Å². The monoisotopic (exact) mass is 251 g/mol. The van der Waals surface area contributed by atoms with Crippen molar-refractivity contribution >= 4 is 11.5 Å². The molecule has 1 heterocycles. The van der Waals surface area contributed by atoms with Crippen LogP contribution in [0.4, 0.5) is 5.69 Å². The van der Waals surface area contributed by atoms with Crippen LogP contribution in [-0.2, 0) is 0 Å². The molecule has 0 radical (unpaired) electrons. The zero-order chi connectivity index (χ0) is 13.2. The number of amidine groups is 1. The quantitative estimate of drug-likeness (QED) is 0.744. The van der Waals surface area contributed by atoms with E-state index in [4.69, 9.17) is 0 Å². The lowest BCUT2D eigenvalue weighted by Gasteiger charge is -2.13. The molecule has 0 N–H and O–H groups in total. The molecule has 0 saturated heterocycles. The Bertz CT molecular complexity index is 614. The highest BCUT2D eigenvalue weighted by Gasteiger charge is 2.31. The predicted octanol–water partition coefficient (Wildman–Crippen LogP) is 2.90. The fraction of sp³-hybridized carbons (Fsp3) is 0.235. The predicted molar refractivity (Wildman–Crippen MR) is 80.1 cm³/mol. The molecule has 2 heteroatoms. The molecule has 2 aromatic rings. The van der Waals surface area contributed by atoms with Gasteiger partial charge in [-0.25, -0.2) is 4.90 Å².